The van der Waals surface area contributed by atoms with E-state index in [4.69, 9.17) is 4.99 Å². The number of aromatic hydroxyl groups is 1. The highest BCUT2D eigenvalue weighted by Crippen LogP contribution is 2.56. The van der Waals surface area contributed by atoms with Crippen molar-refractivity contribution in [3.05, 3.63) is 71.5 Å². The van der Waals surface area contributed by atoms with Crippen LogP contribution in [0.1, 0.15) is 15.9 Å². The lowest BCUT2D eigenvalue weighted by atomic mass is 9.94. The van der Waals surface area contributed by atoms with Crippen molar-refractivity contribution in [2.75, 3.05) is 20.6 Å². The van der Waals surface area contributed by atoms with Crippen molar-refractivity contribution in [2.24, 2.45) is 4.99 Å². The number of aliphatic hydroxyl groups is 1. The molecular weight excluding hydrogens is 409 g/mol. The number of hydrogen-bond acceptors (Lipinski definition) is 5. The number of carbonyl (C=O) groups excluding carboxylic acids is 1. The standard InChI is InChI=1S/C25H22FN3O3/c1-28(2)21-12-29(24-18(14-31)4-3-5-23(24)32)22-11-16(8-9-20(22)27-25(21)29)15-6-7-17(13-30)19(26)10-15/h3-11,14,21,30H,12-13H2,1-2H3/p+1. The Morgan fingerprint density at radius 2 is 1.91 bits per heavy atom. The minimum absolute atomic E-state index is 0.0381. The van der Waals surface area contributed by atoms with E-state index >= 15 is 0 Å². The summed E-state index contributed by atoms with van der Waals surface area (Å²) in [5.41, 5.74) is 4.23. The van der Waals surface area contributed by atoms with Gasteiger partial charge in [0.05, 0.1) is 12.2 Å². The van der Waals surface area contributed by atoms with Gasteiger partial charge in [0.2, 0.25) is 5.84 Å². The molecule has 2 heterocycles. The number of nitrogens with zero attached hydrogens (tertiary/aromatic N) is 3. The maximum atomic E-state index is 14.3. The Kier molecular flexibility index (Phi) is 4.70. The fraction of sp³-hybridized carbons (Fsp3) is 0.200. The Morgan fingerprint density at radius 1 is 1.16 bits per heavy atom. The molecule has 3 aromatic rings. The molecule has 1 saturated heterocycles. The van der Waals surface area contributed by atoms with Crippen LogP contribution >= 0.6 is 0 Å². The van der Waals surface area contributed by atoms with E-state index in [1.54, 1.807) is 30.3 Å². The van der Waals surface area contributed by atoms with Gasteiger partial charge in [-0.25, -0.2) is 8.87 Å². The Morgan fingerprint density at radius 3 is 2.59 bits per heavy atom. The fourth-order valence-electron chi connectivity index (χ4n) is 4.82. The predicted molar refractivity (Wildman–Crippen MR) is 122 cm³/mol. The predicted octanol–water partition coefficient (Wildman–Crippen LogP) is 4.13. The van der Waals surface area contributed by atoms with Gasteiger partial charge < -0.3 is 10.2 Å². The van der Waals surface area contributed by atoms with Crippen molar-refractivity contribution < 1.29 is 19.4 Å². The van der Waals surface area contributed by atoms with Crippen LogP contribution in [0, 0.1) is 5.82 Å². The summed E-state index contributed by atoms with van der Waals surface area (Å²) < 4.78 is 14.5. The molecule has 0 saturated carbocycles. The van der Waals surface area contributed by atoms with Crippen molar-refractivity contribution in [3.8, 4) is 16.9 Å². The van der Waals surface area contributed by atoms with E-state index in [2.05, 4.69) is 4.90 Å². The van der Waals surface area contributed by atoms with E-state index in [1.165, 1.54) is 6.07 Å². The molecule has 162 valence electrons. The molecule has 0 aromatic heterocycles. The molecule has 0 aliphatic carbocycles. The van der Waals surface area contributed by atoms with Gasteiger partial charge in [-0.2, -0.15) is 4.99 Å². The molecule has 3 aromatic carbocycles. The maximum absolute atomic E-state index is 14.3. The molecule has 5 rings (SSSR count). The molecule has 1 fully saturated rings. The number of aliphatic hydroxyl groups excluding tert-OH is 1. The molecule has 2 atom stereocenters. The minimum Gasteiger partial charge on any atom is -0.503 e. The lowest BCUT2D eigenvalue weighted by molar-refractivity contribution is 0.112. The smallest absolute Gasteiger partial charge is 0.237 e. The van der Waals surface area contributed by atoms with Crippen molar-refractivity contribution in [3.63, 3.8) is 0 Å². The largest absolute Gasteiger partial charge is 0.503 e. The SMILES string of the molecule is CN(C)C1C[N+]2(c3c(O)cccc3C=O)C1=Nc1ccc(-c3ccc(CO)c(F)c3)cc12. The van der Waals surface area contributed by atoms with Gasteiger partial charge in [-0.15, -0.1) is 0 Å². The van der Waals surface area contributed by atoms with Crippen LogP contribution in [0.5, 0.6) is 5.75 Å². The van der Waals surface area contributed by atoms with Crippen molar-refractivity contribution in [2.45, 2.75) is 12.6 Å². The topological polar surface area (TPSA) is 73.1 Å². The van der Waals surface area contributed by atoms with E-state index in [9.17, 15) is 19.4 Å². The number of aliphatic imine (C=N–C) groups is 1. The number of phenols is 1. The van der Waals surface area contributed by atoms with Gasteiger partial charge in [0, 0.05) is 11.6 Å². The first kappa shape index (κ1) is 20.5. The van der Waals surface area contributed by atoms with Crippen molar-refractivity contribution >= 4 is 29.2 Å². The van der Waals surface area contributed by atoms with Gasteiger partial charge in [-0.3, -0.25) is 9.69 Å². The third kappa shape index (κ3) is 2.75. The van der Waals surface area contributed by atoms with Crippen LogP contribution in [0.2, 0.25) is 0 Å². The number of halogens is 1. The Bertz CT molecular complexity index is 1290. The van der Waals surface area contributed by atoms with Crippen LogP contribution in [0.3, 0.4) is 0 Å². The van der Waals surface area contributed by atoms with E-state index in [0.717, 1.165) is 29.1 Å². The Balaban J connectivity index is 1.71. The van der Waals surface area contributed by atoms with Gasteiger partial charge in [0.15, 0.2) is 29.5 Å². The summed E-state index contributed by atoms with van der Waals surface area (Å²) in [4.78, 5) is 18.8. The Labute approximate surface area is 185 Å². The molecule has 2 unspecified atom stereocenters. The van der Waals surface area contributed by atoms with Crippen LogP contribution in [-0.4, -0.2) is 53.9 Å². The van der Waals surface area contributed by atoms with E-state index in [0.29, 0.717) is 23.4 Å². The fourth-order valence-corrected chi connectivity index (χ4v) is 4.82. The quantitative estimate of drug-likeness (QED) is 0.470. The van der Waals surface area contributed by atoms with Crippen LogP contribution in [0.4, 0.5) is 21.5 Å². The second-order valence-electron chi connectivity index (χ2n) is 8.44. The minimum atomic E-state index is -0.466. The summed E-state index contributed by atoms with van der Waals surface area (Å²) in [5, 5.41) is 20.1. The van der Waals surface area contributed by atoms with Crippen molar-refractivity contribution in [1.29, 1.82) is 0 Å². The first-order valence-electron chi connectivity index (χ1n) is 10.4. The number of phenolic OH excluding ortho intramolecular Hbond substituents is 1. The number of para-hydroxylation sites is 1. The summed E-state index contributed by atoms with van der Waals surface area (Å²) in [6.07, 6.45) is 0.757. The number of fused-ring (bicyclic) bond motifs is 3. The molecule has 0 bridgehead atoms. The molecule has 0 amide bonds. The highest BCUT2D eigenvalue weighted by atomic mass is 19.1. The van der Waals surface area contributed by atoms with Crippen LogP contribution in [-0.2, 0) is 6.61 Å². The summed E-state index contributed by atoms with van der Waals surface area (Å²) in [6.45, 7) is 0.250. The lowest BCUT2D eigenvalue weighted by Gasteiger charge is -2.48. The van der Waals surface area contributed by atoms with Gasteiger partial charge in [0.1, 0.15) is 18.0 Å². The van der Waals surface area contributed by atoms with Gasteiger partial charge in [0.25, 0.3) is 0 Å². The summed E-state index contributed by atoms with van der Waals surface area (Å²) in [5.74, 6) is 0.413. The average Bonchev–Trinajstić information content (AvgIpc) is 3.01. The van der Waals surface area contributed by atoms with Gasteiger partial charge >= 0.3 is 0 Å². The molecule has 7 heteroatoms. The zero-order valence-electron chi connectivity index (χ0n) is 17.8. The first-order chi connectivity index (χ1) is 15.4. The highest BCUT2D eigenvalue weighted by molar-refractivity contribution is 6.17. The van der Waals surface area contributed by atoms with E-state index < -0.39 is 5.82 Å². The second-order valence-corrected chi connectivity index (χ2v) is 8.44. The second kappa shape index (κ2) is 7.34. The molecule has 2 aliphatic heterocycles. The summed E-state index contributed by atoms with van der Waals surface area (Å²) >= 11 is 0. The summed E-state index contributed by atoms with van der Waals surface area (Å²) in [7, 11) is 3.96. The third-order valence-electron chi connectivity index (χ3n) is 6.49. The highest BCUT2D eigenvalue weighted by Gasteiger charge is 2.62. The summed E-state index contributed by atoms with van der Waals surface area (Å²) in [6, 6.07) is 15.5. The van der Waals surface area contributed by atoms with Crippen molar-refractivity contribution in [1.82, 2.24) is 9.38 Å². The average molecular weight is 432 g/mol. The number of quaternary nitrogens is 1. The number of hydrogen-bond donors (Lipinski definition) is 2. The van der Waals surface area contributed by atoms with Gasteiger partial charge in [-0.05, 0) is 49.5 Å². The third-order valence-corrected chi connectivity index (χ3v) is 6.49. The number of rotatable bonds is 5. The molecule has 6 nitrogen and oxygen atoms in total. The molecule has 2 N–H and O–H groups in total. The maximum Gasteiger partial charge on any atom is 0.237 e. The zero-order chi connectivity index (χ0) is 22.6. The van der Waals surface area contributed by atoms with Crippen LogP contribution < -0.4 is 4.48 Å². The monoisotopic (exact) mass is 432 g/mol. The van der Waals surface area contributed by atoms with Crippen LogP contribution in [0.25, 0.3) is 11.1 Å². The number of benzene rings is 3. The molecule has 32 heavy (non-hydrogen) atoms. The lowest BCUT2D eigenvalue weighted by Crippen LogP contribution is -2.72. The molecule has 0 radical (unpaired) electrons. The zero-order valence-corrected chi connectivity index (χ0v) is 17.8. The molecule has 2 aliphatic rings. The van der Waals surface area contributed by atoms with Crippen LogP contribution in [0.15, 0.2) is 59.6 Å². The number of amidine groups is 1. The van der Waals surface area contributed by atoms with E-state index in [1.807, 2.05) is 32.3 Å². The normalized spacial score (nSPS) is 21.0. The molecule has 0 spiro atoms. The first-order valence-corrected chi connectivity index (χ1v) is 10.4. The van der Waals surface area contributed by atoms with E-state index in [-0.39, 0.29) is 28.4 Å². The molecular formula is C25H23FN3O3+. The Hall–Kier alpha value is -3.39. The van der Waals surface area contributed by atoms with Gasteiger partial charge in [-0.1, -0.05) is 24.3 Å². The number of carbonyl (C=O) groups is 1. The number of likely N-dealkylation sites (N-methyl/N-ethyl adjacent to an activating group) is 1. The number of aldehydes is 1.